The second-order valence-electron chi connectivity index (χ2n) is 7.06. The highest BCUT2D eigenvalue weighted by molar-refractivity contribution is 5.91. The largest absolute Gasteiger partial charge is 0.459 e. The van der Waals surface area contributed by atoms with Gasteiger partial charge in [-0.25, -0.2) is 13.2 Å². The van der Waals surface area contributed by atoms with Gasteiger partial charge in [0.25, 0.3) is 11.8 Å². The fourth-order valence-electron chi connectivity index (χ4n) is 3.01. The molecule has 0 fully saturated rings. The number of nitrogens with one attached hydrogen (secondary N) is 3. The Bertz CT molecular complexity index is 1050. The number of likely N-dealkylation sites (N-methyl/N-ethyl adjacent to an activating group) is 1. The van der Waals surface area contributed by atoms with Crippen molar-refractivity contribution < 1.29 is 32.1 Å². The van der Waals surface area contributed by atoms with Crippen molar-refractivity contribution >= 4 is 28.5 Å². The maximum Gasteiger partial charge on any atom is 0.279 e. The number of carbonyl (C=O) groups excluding carboxylic acids is 2. The van der Waals surface area contributed by atoms with Crippen LogP contribution in [0.1, 0.15) is 18.7 Å². The van der Waals surface area contributed by atoms with E-state index in [4.69, 9.17) is 4.42 Å². The van der Waals surface area contributed by atoms with Gasteiger partial charge in [-0.1, -0.05) is 18.2 Å². The number of amides is 2. The van der Waals surface area contributed by atoms with Crippen LogP contribution in [0.2, 0.25) is 0 Å². The number of para-hydroxylation sites is 1. The number of quaternary nitrogens is 1. The van der Waals surface area contributed by atoms with Gasteiger partial charge in [0, 0.05) is 5.39 Å². The molecule has 1 heterocycles. The van der Waals surface area contributed by atoms with Gasteiger partial charge in [0.2, 0.25) is 0 Å². The van der Waals surface area contributed by atoms with E-state index in [1.807, 2.05) is 30.3 Å². The van der Waals surface area contributed by atoms with E-state index < -0.39 is 29.0 Å². The lowest BCUT2D eigenvalue weighted by molar-refractivity contribution is -0.862. The van der Waals surface area contributed by atoms with Gasteiger partial charge in [-0.15, -0.1) is 0 Å². The Kier molecular flexibility index (Phi) is 6.41. The highest BCUT2D eigenvalue weighted by Gasteiger charge is 2.20. The monoisotopic (exact) mass is 420 g/mol. The third kappa shape index (κ3) is 4.98. The number of fused-ring (bicyclic) bond motifs is 1. The molecule has 3 rings (SSSR count). The molecule has 0 bridgehead atoms. The first kappa shape index (κ1) is 21.4. The Morgan fingerprint density at radius 3 is 2.47 bits per heavy atom. The van der Waals surface area contributed by atoms with Crippen LogP contribution < -0.4 is 15.5 Å². The summed E-state index contributed by atoms with van der Waals surface area (Å²) in [6.07, 6.45) is 0. The number of furan rings is 1. The van der Waals surface area contributed by atoms with Gasteiger partial charge in [0.15, 0.2) is 30.5 Å². The van der Waals surface area contributed by atoms with Crippen LogP contribution in [-0.4, -0.2) is 32.0 Å². The Balaban J connectivity index is 1.51. The van der Waals surface area contributed by atoms with E-state index >= 15 is 0 Å². The smallest absolute Gasteiger partial charge is 0.279 e. The standard InChI is InChI=1S/C21H20F3N3O3/c1-12(17-9-13-5-3-4-6-16(13)30-17)25-18(28)10-27(2)11-19(29)26-15-8-7-14(22)20(23)21(15)24/h3-9,12H,10-11H2,1-2H3,(H,25,28)(H,26,29)/p+1/t12-/m0/s1. The number of benzene rings is 2. The molecule has 2 amide bonds. The number of halogens is 3. The van der Waals surface area contributed by atoms with Crippen molar-refractivity contribution in [2.24, 2.45) is 0 Å². The zero-order valence-corrected chi connectivity index (χ0v) is 16.4. The summed E-state index contributed by atoms with van der Waals surface area (Å²) >= 11 is 0. The van der Waals surface area contributed by atoms with E-state index in [1.54, 1.807) is 14.0 Å². The number of hydrogen-bond acceptors (Lipinski definition) is 3. The summed E-state index contributed by atoms with van der Waals surface area (Å²) < 4.78 is 45.6. The van der Waals surface area contributed by atoms with Crippen LogP contribution in [0.25, 0.3) is 11.0 Å². The summed E-state index contributed by atoms with van der Waals surface area (Å²) in [4.78, 5) is 24.8. The fraction of sp³-hybridized carbons (Fsp3) is 0.238. The summed E-state index contributed by atoms with van der Waals surface area (Å²) in [5, 5.41) is 5.90. The van der Waals surface area contributed by atoms with Crippen molar-refractivity contribution in [3.8, 4) is 0 Å². The highest BCUT2D eigenvalue weighted by atomic mass is 19.2. The molecule has 3 aromatic rings. The predicted molar refractivity (Wildman–Crippen MR) is 104 cm³/mol. The SMILES string of the molecule is C[C@H](NC(=O)C[NH+](C)CC(=O)Nc1ccc(F)c(F)c1F)c1cc2ccccc2o1. The second kappa shape index (κ2) is 9.00. The van der Waals surface area contributed by atoms with Gasteiger partial charge >= 0.3 is 0 Å². The Labute approximate surface area is 170 Å². The first-order chi connectivity index (χ1) is 14.2. The van der Waals surface area contributed by atoms with Crippen LogP contribution in [0.15, 0.2) is 46.9 Å². The van der Waals surface area contributed by atoms with E-state index in [2.05, 4.69) is 10.6 Å². The van der Waals surface area contributed by atoms with Gasteiger partial charge in [0.05, 0.1) is 18.8 Å². The van der Waals surface area contributed by atoms with Gasteiger partial charge in [-0.3, -0.25) is 9.59 Å². The summed E-state index contributed by atoms with van der Waals surface area (Å²) in [5.41, 5.74) is 0.257. The molecule has 0 aliphatic heterocycles. The van der Waals surface area contributed by atoms with Crippen molar-refractivity contribution in [3.63, 3.8) is 0 Å². The molecule has 30 heavy (non-hydrogen) atoms. The molecular weight excluding hydrogens is 399 g/mol. The molecule has 9 heteroatoms. The zero-order valence-electron chi connectivity index (χ0n) is 16.4. The summed E-state index contributed by atoms with van der Waals surface area (Å²) in [7, 11) is 1.60. The average Bonchev–Trinajstić information content (AvgIpc) is 3.12. The minimum atomic E-state index is -1.66. The minimum absolute atomic E-state index is 0.0295. The maximum absolute atomic E-state index is 13.6. The summed E-state index contributed by atoms with van der Waals surface area (Å²) in [6.45, 7) is 1.58. The zero-order chi connectivity index (χ0) is 21.8. The third-order valence-corrected chi connectivity index (χ3v) is 4.48. The molecule has 0 aliphatic rings. The molecular formula is C21H21F3N3O3+. The van der Waals surface area contributed by atoms with E-state index in [0.717, 1.165) is 23.1 Å². The maximum atomic E-state index is 13.6. The molecule has 6 nitrogen and oxygen atoms in total. The number of hydrogen-bond donors (Lipinski definition) is 3. The molecule has 0 radical (unpaired) electrons. The average molecular weight is 420 g/mol. The minimum Gasteiger partial charge on any atom is -0.459 e. The van der Waals surface area contributed by atoms with E-state index in [1.165, 1.54) is 0 Å². The molecule has 2 aromatic carbocycles. The lowest BCUT2D eigenvalue weighted by Gasteiger charge is -2.16. The predicted octanol–water partition coefficient (Wildman–Crippen LogP) is 2.18. The number of rotatable bonds is 7. The van der Waals surface area contributed by atoms with Crippen molar-refractivity contribution in [2.45, 2.75) is 13.0 Å². The molecule has 1 aromatic heterocycles. The normalized spacial score (nSPS) is 13.1. The molecule has 158 valence electrons. The molecule has 2 atom stereocenters. The Morgan fingerprint density at radius 1 is 1.03 bits per heavy atom. The fourth-order valence-corrected chi connectivity index (χ4v) is 3.01. The van der Waals surface area contributed by atoms with Crippen molar-refractivity contribution in [1.82, 2.24) is 5.32 Å². The van der Waals surface area contributed by atoms with E-state index in [9.17, 15) is 22.8 Å². The molecule has 0 aliphatic carbocycles. The number of carbonyl (C=O) groups is 2. The van der Waals surface area contributed by atoms with Crippen LogP contribution in [0.3, 0.4) is 0 Å². The number of anilines is 1. The van der Waals surface area contributed by atoms with Crippen LogP contribution in [-0.2, 0) is 9.59 Å². The van der Waals surface area contributed by atoms with Crippen molar-refractivity contribution in [1.29, 1.82) is 0 Å². The molecule has 3 N–H and O–H groups in total. The van der Waals surface area contributed by atoms with Crippen molar-refractivity contribution in [3.05, 3.63) is 65.7 Å². The Morgan fingerprint density at radius 2 is 1.73 bits per heavy atom. The first-order valence-corrected chi connectivity index (χ1v) is 9.27. The molecule has 1 unspecified atom stereocenters. The van der Waals surface area contributed by atoms with Crippen LogP contribution in [0.5, 0.6) is 0 Å². The first-order valence-electron chi connectivity index (χ1n) is 9.27. The van der Waals surface area contributed by atoms with Crippen LogP contribution >= 0.6 is 0 Å². The second-order valence-corrected chi connectivity index (χ2v) is 7.06. The molecule has 0 saturated carbocycles. The van der Waals surface area contributed by atoms with Gasteiger partial charge in [0.1, 0.15) is 11.3 Å². The molecule has 0 spiro atoms. The van der Waals surface area contributed by atoms with Gasteiger partial charge in [-0.05, 0) is 31.2 Å². The summed E-state index contributed by atoms with van der Waals surface area (Å²) in [6, 6.07) is 10.6. The lowest BCUT2D eigenvalue weighted by Crippen LogP contribution is -3.11. The van der Waals surface area contributed by atoms with Crippen LogP contribution in [0.4, 0.5) is 18.9 Å². The van der Waals surface area contributed by atoms with Crippen molar-refractivity contribution in [2.75, 3.05) is 25.5 Å². The lowest BCUT2D eigenvalue weighted by atomic mass is 10.2. The van der Waals surface area contributed by atoms with Gasteiger partial charge < -0.3 is 20.0 Å². The topological polar surface area (TPSA) is 75.8 Å². The van der Waals surface area contributed by atoms with E-state index in [0.29, 0.717) is 10.7 Å². The quantitative estimate of drug-likeness (QED) is 0.513. The third-order valence-electron chi connectivity index (χ3n) is 4.48. The summed E-state index contributed by atoms with van der Waals surface area (Å²) in [5.74, 6) is -4.83. The van der Waals surface area contributed by atoms with E-state index in [-0.39, 0.29) is 25.0 Å². The molecule has 0 saturated heterocycles. The Hall–Kier alpha value is -3.33. The highest BCUT2D eigenvalue weighted by Crippen LogP contribution is 2.23. The van der Waals surface area contributed by atoms with Gasteiger partial charge in [-0.2, -0.15) is 0 Å². The van der Waals surface area contributed by atoms with Crippen LogP contribution in [0, 0.1) is 17.5 Å².